The molecule has 0 saturated carbocycles. The summed E-state index contributed by atoms with van der Waals surface area (Å²) >= 11 is 0. The molecule has 3 rings (SSSR count). The number of ether oxygens (including phenoxy) is 1. The molecule has 0 aromatic heterocycles. The average molecular weight is 333 g/mol. The van der Waals surface area contributed by atoms with E-state index in [-0.39, 0.29) is 24.6 Å². The van der Waals surface area contributed by atoms with Crippen LogP contribution in [-0.2, 0) is 16.4 Å². The largest absolute Gasteiger partial charge is 0.490 e. The highest BCUT2D eigenvalue weighted by atomic mass is 35.5. The van der Waals surface area contributed by atoms with Crippen LogP contribution in [0.25, 0.3) is 0 Å². The first-order valence-electron chi connectivity index (χ1n) is 7.07. The molecule has 1 saturated heterocycles. The Balaban J connectivity index is 0.00000161. The summed E-state index contributed by atoms with van der Waals surface area (Å²) in [4.78, 5) is 0.326. The molecule has 2 atom stereocenters. The Morgan fingerprint density at radius 3 is 2.95 bits per heavy atom. The molecule has 2 unspecified atom stereocenters. The van der Waals surface area contributed by atoms with Gasteiger partial charge >= 0.3 is 0 Å². The van der Waals surface area contributed by atoms with Crippen LogP contribution in [0.2, 0.25) is 0 Å². The standard InChI is InChI=1S/C14H20N2O3S.ClH/c1-10-7-11-8-13(4-5-14(11)19-10)20(17,18)16-9-12-3-2-6-15-12;/h4-5,8,10,12,15-16H,2-3,6-7,9H2,1H3;1H. The van der Waals surface area contributed by atoms with Gasteiger partial charge in [0.05, 0.1) is 4.90 Å². The number of rotatable bonds is 4. The fourth-order valence-electron chi connectivity index (χ4n) is 2.79. The van der Waals surface area contributed by atoms with Gasteiger partial charge in [0.25, 0.3) is 0 Å². The monoisotopic (exact) mass is 332 g/mol. The minimum absolute atomic E-state index is 0. The second-order valence-corrected chi connectivity index (χ2v) is 7.31. The lowest BCUT2D eigenvalue weighted by Crippen LogP contribution is -2.37. The molecule has 5 nitrogen and oxygen atoms in total. The van der Waals surface area contributed by atoms with Gasteiger partial charge in [0.1, 0.15) is 11.9 Å². The van der Waals surface area contributed by atoms with Crippen molar-refractivity contribution in [3.8, 4) is 5.75 Å². The van der Waals surface area contributed by atoms with Gasteiger partial charge in [0.15, 0.2) is 0 Å². The van der Waals surface area contributed by atoms with Crippen LogP contribution in [0.1, 0.15) is 25.3 Å². The first-order chi connectivity index (χ1) is 9.54. The van der Waals surface area contributed by atoms with E-state index in [4.69, 9.17) is 4.74 Å². The van der Waals surface area contributed by atoms with Crippen LogP contribution in [0, 0.1) is 0 Å². The second kappa shape index (κ2) is 6.52. The number of benzene rings is 1. The molecule has 118 valence electrons. The molecule has 1 fully saturated rings. The lowest BCUT2D eigenvalue weighted by atomic mass is 10.1. The highest BCUT2D eigenvalue weighted by Gasteiger charge is 2.23. The van der Waals surface area contributed by atoms with E-state index in [1.54, 1.807) is 18.2 Å². The highest BCUT2D eigenvalue weighted by molar-refractivity contribution is 7.89. The molecule has 0 bridgehead atoms. The maximum absolute atomic E-state index is 12.3. The third kappa shape index (κ3) is 3.69. The van der Waals surface area contributed by atoms with Crippen molar-refractivity contribution in [2.75, 3.05) is 13.1 Å². The maximum Gasteiger partial charge on any atom is 0.240 e. The molecular formula is C14H21ClN2O3S. The Kier molecular flexibility index (Phi) is 5.14. The Bertz CT molecular complexity index is 600. The molecule has 2 aliphatic rings. The number of hydrogen-bond donors (Lipinski definition) is 2. The van der Waals surface area contributed by atoms with E-state index in [1.807, 2.05) is 6.92 Å². The van der Waals surface area contributed by atoms with E-state index >= 15 is 0 Å². The van der Waals surface area contributed by atoms with Gasteiger partial charge in [-0.05, 0) is 50.1 Å². The van der Waals surface area contributed by atoms with Crippen molar-refractivity contribution in [2.45, 2.75) is 43.2 Å². The third-order valence-corrected chi connectivity index (χ3v) is 5.28. The molecule has 0 spiro atoms. The van der Waals surface area contributed by atoms with Crippen molar-refractivity contribution < 1.29 is 13.2 Å². The molecule has 2 heterocycles. The van der Waals surface area contributed by atoms with Crippen LogP contribution in [0.3, 0.4) is 0 Å². The molecular weight excluding hydrogens is 312 g/mol. The number of halogens is 1. The third-order valence-electron chi connectivity index (χ3n) is 3.86. The van der Waals surface area contributed by atoms with E-state index in [1.165, 1.54) is 0 Å². The summed E-state index contributed by atoms with van der Waals surface area (Å²) in [5, 5.41) is 3.28. The van der Waals surface area contributed by atoms with Gasteiger partial charge in [-0.1, -0.05) is 0 Å². The number of sulfonamides is 1. The Hall–Kier alpha value is -0.820. The SMILES string of the molecule is CC1Cc2cc(S(=O)(=O)NCC3CCCN3)ccc2O1.Cl. The van der Waals surface area contributed by atoms with Crippen LogP contribution in [0.4, 0.5) is 0 Å². The molecule has 2 aliphatic heterocycles. The average Bonchev–Trinajstić information content (AvgIpc) is 3.03. The van der Waals surface area contributed by atoms with Crippen LogP contribution >= 0.6 is 12.4 Å². The lowest BCUT2D eigenvalue weighted by Gasteiger charge is -2.12. The van der Waals surface area contributed by atoms with Gasteiger partial charge in [-0.2, -0.15) is 0 Å². The first kappa shape index (κ1) is 16.5. The zero-order valence-electron chi connectivity index (χ0n) is 12.0. The van der Waals surface area contributed by atoms with Crippen LogP contribution in [0.5, 0.6) is 5.75 Å². The molecule has 1 aromatic carbocycles. The van der Waals surface area contributed by atoms with Crippen LogP contribution in [0.15, 0.2) is 23.1 Å². The quantitative estimate of drug-likeness (QED) is 0.876. The fourth-order valence-corrected chi connectivity index (χ4v) is 3.92. The molecule has 0 aliphatic carbocycles. The van der Waals surface area contributed by atoms with E-state index in [9.17, 15) is 8.42 Å². The van der Waals surface area contributed by atoms with Crippen LogP contribution in [-0.4, -0.2) is 33.7 Å². The minimum atomic E-state index is -3.43. The lowest BCUT2D eigenvalue weighted by molar-refractivity contribution is 0.254. The van der Waals surface area contributed by atoms with Gasteiger partial charge in [0, 0.05) is 19.0 Å². The Morgan fingerprint density at radius 2 is 2.24 bits per heavy atom. The van der Waals surface area contributed by atoms with Crippen LogP contribution < -0.4 is 14.8 Å². The van der Waals surface area contributed by atoms with Gasteiger partial charge in [-0.15, -0.1) is 12.4 Å². The van der Waals surface area contributed by atoms with E-state index < -0.39 is 10.0 Å². The summed E-state index contributed by atoms with van der Waals surface area (Å²) in [6.45, 7) is 3.41. The second-order valence-electron chi connectivity index (χ2n) is 5.55. The predicted molar refractivity (Wildman–Crippen MR) is 83.7 cm³/mol. The Labute approximate surface area is 131 Å². The highest BCUT2D eigenvalue weighted by Crippen LogP contribution is 2.30. The van der Waals surface area contributed by atoms with Crippen molar-refractivity contribution in [3.63, 3.8) is 0 Å². The van der Waals surface area contributed by atoms with Crippen molar-refractivity contribution in [1.82, 2.24) is 10.0 Å². The molecule has 1 aromatic rings. The molecule has 2 N–H and O–H groups in total. The van der Waals surface area contributed by atoms with Gasteiger partial charge < -0.3 is 10.1 Å². The number of hydrogen-bond acceptors (Lipinski definition) is 4. The van der Waals surface area contributed by atoms with Crippen molar-refractivity contribution in [2.24, 2.45) is 0 Å². The van der Waals surface area contributed by atoms with Gasteiger partial charge in [0.2, 0.25) is 10.0 Å². The van der Waals surface area contributed by atoms with Crippen molar-refractivity contribution in [3.05, 3.63) is 23.8 Å². The fraction of sp³-hybridized carbons (Fsp3) is 0.571. The zero-order valence-corrected chi connectivity index (χ0v) is 13.6. The topological polar surface area (TPSA) is 67.4 Å². The Morgan fingerprint density at radius 1 is 1.43 bits per heavy atom. The van der Waals surface area contributed by atoms with E-state index in [0.717, 1.165) is 37.1 Å². The van der Waals surface area contributed by atoms with Gasteiger partial charge in [-0.25, -0.2) is 13.1 Å². The summed E-state index contributed by atoms with van der Waals surface area (Å²) in [5.74, 6) is 0.800. The molecule has 0 radical (unpaired) electrons. The van der Waals surface area contributed by atoms with E-state index in [0.29, 0.717) is 11.4 Å². The maximum atomic E-state index is 12.3. The zero-order chi connectivity index (χ0) is 14.2. The molecule has 0 amide bonds. The van der Waals surface area contributed by atoms with Gasteiger partial charge in [-0.3, -0.25) is 0 Å². The summed E-state index contributed by atoms with van der Waals surface area (Å²) in [6, 6.07) is 5.34. The molecule has 21 heavy (non-hydrogen) atoms. The molecule has 7 heteroatoms. The van der Waals surface area contributed by atoms with Crippen molar-refractivity contribution >= 4 is 22.4 Å². The summed E-state index contributed by atoms with van der Waals surface area (Å²) in [7, 11) is -3.43. The summed E-state index contributed by atoms with van der Waals surface area (Å²) in [6.07, 6.45) is 3.03. The predicted octanol–water partition coefficient (Wildman–Crippen LogP) is 1.46. The van der Waals surface area contributed by atoms with Crippen molar-refractivity contribution in [1.29, 1.82) is 0 Å². The van der Waals surface area contributed by atoms with E-state index in [2.05, 4.69) is 10.0 Å². The minimum Gasteiger partial charge on any atom is -0.490 e. The number of nitrogens with one attached hydrogen (secondary N) is 2. The summed E-state index contributed by atoms with van der Waals surface area (Å²) < 4.78 is 32.9. The normalized spacial score (nSPS) is 24.2. The summed E-state index contributed by atoms with van der Waals surface area (Å²) in [5.41, 5.74) is 0.972. The first-order valence-corrected chi connectivity index (χ1v) is 8.55. The number of fused-ring (bicyclic) bond motifs is 1. The smallest absolute Gasteiger partial charge is 0.240 e.